The van der Waals surface area contributed by atoms with Gasteiger partial charge in [0.25, 0.3) is 0 Å². The van der Waals surface area contributed by atoms with Crippen LogP contribution in [0, 0.1) is 0 Å². The summed E-state index contributed by atoms with van der Waals surface area (Å²) in [5.41, 5.74) is 0.217. The third kappa shape index (κ3) is 1.68. The van der Waals surface area contributed by atoms with E-state index in [-0.39, 0.29) is 5.41 Å². The Morgan fingerprint density at radius 3 is 2.54 bits per heavy atom. The van der Waals surface area contributed by atoms with Crippen LogP contribution >= 0.6 is 28.6 Å². The van der Waals surface area contributed by atoms with Crippen molar-refractivity contribution in [3.63, 3.8) is 0 Å². The lowest BCUT2D eigenvalue weighted by atomic mass is 9.86. The van der Waals surface area contributed by atoms with Crippen molar-refractivity contribution in [2.45, 2.75) is 31.1 Å². The molecule has 0 radical (unpaired) electrons. The normalized spacial score (nSPS) is 20.8. The monoisotopic (exact) mass is 260 g/mol. The highest BCUT2D eigenvalue weighted by molar-refractivity contribution is 9.10. The first kappa shape index (κ1) is 9.66. The number of halogens is 1. The molecule has 0 aromatic carbocycles. The molecule has 0 unspecified atom stereocenters. The van der Waals surface area contributed by atoms with Gasteiger partial charge in [0.15, 0.2) is 4.67 Å². The third-order valence-electron chi connectivity index (χ3n) is 2.96. The van der Waals surface area contributed by atoms with Gasteiger partial charge in [-0.2, -0.15) is 12.6 Å². The summed E-state index contributed by atoms with van der Waals surface area (Å²) in [5.74, 6) is 2.00. The van der Waals surface area contributed by atoms with Gasteiger partial charge in [0, 0.05) is 11.2 Å². The molecule has 0 saturated heterocycles. The summed E-state index contributed by atoms with van der Waals surface area (Å²) in [6.45, 7) is 0. The van der Waals surface area contributed by atoms with Crippen LogP contribution in [0.5, 0.6) is 0 Å². The van der Waals surface area contributed by atoms with Gasteiger partial charge in [-0.3, -0.25) is 0 Å². The molecule has 1 saturated carbocycles. The molecule has 1 aliphatic rings. The maximum Gasteiger partial charge on any atom is 0.169 e. The highest BCUT2D eigenvalue weighted by Crippen LogP contribution is 2.42. The molecule has 0 amide bonds. The molecular weight excluding hydrogens is 248 g/mol. The predicted octanol–water partition coefficient (Wildman–Crippen LogP) is 3.78. The first-order valence-electron chi connectivity index (χ1n) is 4.63. The summed E-state index contributed by atoms with van der Waals surface area (Å²) in [5, 5.41) is 0. The summed E-state index contributed by atoms with van der Waals surface area (Å²) >= 11 is 7.79. The van der Waals surface area contributed by atoms with Gasteiger partial charge >= 0.3 is 0 Å². The van der Waals surface area contributed by atoms with E-state index in [4.69, 9.17) is 4.42 Å². The Bertz CT molecular complexity index is 289. The van der Waals surface area contributed by atoms with Gasteiger partial charge in [-0.1, -0.05) is 12.8 Å². The SMILES string of the molecule is SCC1(c2ccc(Br)o2)CCCC1. The van der Waals surface area contributed by atoms with E-state index in [2.05, 4.69) is 34.6 Å². The van der Waals surface area contributed by atoms with Crippen molar-refractivity contribution < 1.29 is 4.42 Å². The fourth-order valence-electron chi connectivity index (χ4n) is 2.13. The van der Waals surface area contributed by atoms with Crippen molar-refractivity contribution >= 4 is 28.6 Å². The number of hydrogen-bond donors (Lipinski definition) is 1. The molecule has 0 aliphatic heterocycles. The molecule has 1 aromatic rings. The minimum Gasteiger partial charge on any atom is -0.454 e. The molecule has 1 nitrogen and oxygen atoms in total. The van der Waals surface area contributed by atoms with Crippen LogP contribution in [0.2, 0.25) is 0 Å². The van der Waals surface area contributed by atoms with Crippen LogP contribution in [0.15, 0.2) is 21.2 Å². The smallest absolute Gasteiger partial charge is 0.169 e. The van der Waals surface area contributed by atoms with Crippen molar-refractivity contribution in [1.82, 2.24) is 0 Å². The highest BCUT2D eigenvalue weighted by Gasteiger charge is 2.36. The second kappa shape index (κ2) is 3.70. The fraction of sp³-hybridized carbons (Fsp3) is 0.600. The summed E-state index contributed by atoms with van der Waals surface area (Å²) in [4.78, 5) is 0. The maximum absolute atomic E-state index is 5.63. The molecule has 0 N–H and O–H groups in total. The predicted molar refractivity (Wildman–Crippen MR) is 60.4 cm³/mol. The molecular formula is C10H13BrOS. The van der Waals surface area contributed by atoms with Crippen LogP contribution in [0.1, 0.15) is 31.4 Å². The van der Waals surface area contributed by atoms with Gasteiger partial charge in [0.2, 0.25) is 0 Å². The molecule has 0 atom stereocenters. The Morgan fingerprint density at radius 1 is 1.38 bits per heavy atom. The lowest BCUT2D eigenvalue weighted by Gasteiger charge is -2.23. The van der Waals surface area contributed by atoms with Gasteiger partial charge < -0.3 is 4.42 Å². The van der Waals surface area contributed by atoms with E-state index in [9.17, 15) is 0 Å². The lowest BCUT2D eigenvalue weighted by molar-refractivity contribution is 0.364. The highest BCUT2D eigenvalue weighted by atomic mass is 79.9. The van der Waals surface area contributed by atoms with Gasteiger partial charge in [0.05, 0.1) is 0 Å². The van der Waals surface area contributed by atoms with Crippen molar-refractivity contribution in [3.8, 4) is 0 Å². The summed E-state index contributed by atoms with van der Waals surface area (Å²) in [6, 6.07) is 4.05. The standard InChI is InChI=1S/C10H13BrOS/c11-9-4-3-8(12-9)10(7-13)5-1-2-6-10/h3-4,13H,1-2,5-7H2. The molecule has 13 heavy (non-hydrogen) atoms. The fourth-order valence-corrected chi connectivity index (χ4v) is 2.91. The molecule has 2 rings (SSSR count). The molecule has 72 valence electrons. The van der Waals surface area contributed by atoms with E-state index in [1.165, 1.54) is 25.7 Å². The number of furan rings is 1. The summed E-state index contributed by atoms with van der Waals surface area (Å²) in [6.07, 6.45) is 5.05. The molecule has 1 heterocycles. The van der Waals surface area contributed by atoms with Crippen LogP contribution in [0.3, 0.4) is 0 Å². The summed E-state index contributed by atoms with van der Waals surface area (Å²) in [7, 11) is 0. The second-order valence-electron chi connectivity index (χ2n) is 3.75. The molecule has 0 bridgehead atoms. The maximum atomic E-state index is 5.63. The largest absolute Gasteiger partial charge is 0.454 e. The van der Waals surface area contributed by atoms with Crippen LogP contribution in [0.4, 0.5) is 0 Å². The Balaban J connectivity index is 2.30. The first-order valence-corrected chi connectivity index (χ1v) is 6.06. The van der Waals surface area contributed by atoms with Gasteiger partial charge in [-0.15, -0.1) is 0 Å². The Kier molecular flexibility index (Phi) is 2.75. The third-order valence-corrected chi connectivity index (χ3v) is 3.99. The van der Waals surface area contributed by atoms with E-state index in [1.54, 1.807) is 0 Å². The van der Waals surface area contributed by atoms with E-state index in [1.807, 2.05) is 6.07 Å². The van der Waals surface area contributed by atoms with Gasteiger partial charge in [0.1, 0.15) is 5.76 Å². The molecule has 1 aliphatic carbocycles. The van der Waals surface area contributed by atoms with E-state index in [0.29, 0.717) is 0 Å². The second-order valence-corrected chi connectivity index (χ2v) is 4.85. The number of hydrogen-bond acceptors (Lipinski definition) is 2. The van der Waals surface area contributed by atoms with E-state index >= 15 is 0 Å². The van der Waals surface area contributed by atoms with Crippen molar-refractivity contribution in [1.29, 1.82) is 0 Å². The van der Waals surface area contributed by atoms with Crippen LogP contribution < -0.4 is 0 Å². The Morgan fingerprint density at radius 2 is 2.08 bits per heavy atom. The van der Waals surface area contributed by atoms with Gasteiger partial charge in [-0.25, -0.2) is 0 Å². The minimum absolute atomic E-state index is 0.217. The zero-order valence-corrected chi connectivity index (χ0v) is 9.90. The van der Waals surface area contributed by atoms with Gasteiger partial charge in [-0.05, 0) is 40.9 Å². The van der Waals surface area contributed by atoms with E-state index in [0.717, 1.165) is 16.2 Å². The lowest BCUT2D eigenvalue weighted by Crippen LogP contribution is -2.23. The van der Waals surface area contributed by atoms with Crippen LogP contribution in [-0.4, -0.2) is 5.75 Å². The van der Waals surface area contributed by atoms with Crippen molar-refractivity contribution in [2.75, 3.05) is 5.75 Å². The van der Waals surface area contributed by atoms with Crippen molar-refractivity contribution in [3.05, 3.63) is 22.6 Å². The quantitative estimate of drug-likeness (QED) is 0.799. The molecule has 1 fully saturated rings. The minimum atomic E-state index is 0.217. The Labute approximate surface area is 92.4 Å². The van der Waals surface area contributed by atoms with Crippen LogP contribution in [-0.2, 0) is 5.41 Å². The summed E-state index contributed by atoms with van der Waals surface area (Å²) < 4.78 is 6.46. The Hall–Kier alpha value is 0.110. The van der Waals surface area contributed by atoms with Crippen LogP contribution in [0.25, 0.3) is 0 Å². The van der Waals surface area contributed by atoms with Crippen molar-refractivity contribution in [2.24, 2.45) is 0 Å². The zero-order chi connectivity index (χ0) is 9.31. The average Bonchev–Trinajstić information content (AvgIpc) is 2.73. The topological polar surface area (TPSA) is 13.1 Å². The molecule has 0 spiro atoms. The molecule has 3 heteroatoms. The first-order chi connectivity index (χ1) is 6.27. The zero-order valence-electron chi connectivity index (χ0n) is 7.42. The number of thiol groups is 1. The van der Waals surface area contributed by atoms with E-state index < -0.39 is 0 Å². The number of rotatable bonds is 2. The molecule has 1 aromatic heterocycles. The average molecular weight is 261 g/mol.